The molecule has 9 nitrogen and oxygen atoms in total. The Morgan fingerprint density at radius 1 is 0.522 bits per heavy atom. The van der Waals surface area contributed by atoms with Crippen molar-refractivity contribution in [2.45, 2.75) is 226 Å². The van der Waals surface area contributed by atoms with Gasteiger partial charge in [0.25, 0.3) is 7.82 Å². The van der Waals surface area contributed by atoms with Crippen molar-refractivity contribution < 1.29 is 37.3 Å². The van der Waals surface area contributed by atoms with E-state index >= 15 is 0 Å². The van der Waals surface area contributed by atoms with E-state index in [9.17, 15) is 19.0 Å². The number of likely N-dealkylation sites (N-methyl/N-ethyl adjacent to an activating group) is 1. The van der Waals surface area contributed by atoms with E-state index in [2.05, 4.69) is 111 Å². The number of quaternary nitrogens is 1. The number of nitrogens with one attached hydrogen (secondary N) is 1. The monoisotopic (exact) mass is 983 g/mol. The minimum atomic E-state index is -4.71. The summed E-state index contributed by atoms with van der Waals surface area (Å²) < 4.78 is 30.1. The Hall–Kier alpha value is -3.07. The van der Waals surface area contributed by atoms with Crippen molar-refractivity contribution in [3.05, 3.63) is 97.2 Å². The van der Waals surface area contributed by atoms with Gasteiger partial charge in [0, 0.05) is 12.8 Å². The first-order valence-electron chi connectivity index (χ1n) is 27.5. The Morgan fingerprint density at radius 2 is 0.942 bits per heavy atom. The van der Waals surface area contributed by atoms with Crippen LogP contribution in [-0.4, -0.2) is 69.4 Å². The van der Waals surface area contributed by atoms with Crippen LogP contribution in [0.25, 0.3) is 0 Å². The van der Waals surface area contributed by atoms with Crippen molar-refractivity contribution in [3.8, 4) is 0 Å². The van der Waals surface area contributed by atoms with Crippen LogP contribution in [0.5, 0.6) is 0 Å². The fourth-order valence-corrected chi connectivity index (χ4v) is 8.02. The highest BCUT2D eigenvalue weighted by Crippen LogP contribution is 2.38. The summed E-state index contributed by atoms with van der Waals surface area (Å²) >= 11 is 0. The fraction of sp³-hybridized carbons (Fsp3) is 0.695. The largest absolute Gasteiger partial charge is 0.756 e. The molecule has 0 fully saturated rings. The number of allylic oxidation sites excluding steroid dienone is 15. The first-order chi connectivity index (χ1) is 33.4. The molecular weight excluding hydrogens is 880 g/mol. The van der Waals surface area contributed by atoms with E-state index in [0.29, 0.717) is 23.9 Å². The molecule has 0 aliphatic heterocycles. The predicted octanol–water partition coefficient (Wildman–Crippen LogP) is 15.8. The molecule has 10 heteroatoms. The highest BCUT2D eigenvalue weighted by Gasteiger charge is 2.27. The Kier molecular flexibility index (Phi) is 46.4. The molecule has 396 valence electrons. The molecule has 0 saturated carbocycles. The number of hydrogen-bond donors (Lipinski definition) is 1. The van der Waals surface area contributed by atoms with Gasteiger partial charge in [-0.15, -0.1) is 0 Å². The van der Waals surface area contributed by atoms with Crippen LogP contribution in [0.1, 0.15) is 213 Å². The van der Waals surface area contributed by atoms with Crippen molar-refractivity contribution in [2.75, 3.05) is 40.9 Å². The zero-order chi connectivity index (χ0) is 50.8. The zero-order valence-electron chi connectivity index (χ0n) is 45.0. The van der Waals surface area contributed by atoms with Gasteiger partial charge < -0.3 is 28.5 Å². The molecule has 0 aromatic rings. The lowest BCUT2D eigenvalue weighted by molar-refractivity contribution is -0.870. The third kappa shape index (κ3) is 49.7. The van der Waals surface area contributed by atoms with Crippen LogP contribution in [0.4, 0.5) is 0 Å². The number of esters is 1. The maximum Gasteiger partial charge on any atom is 0.306 e. The van der Waals surface area contributed by atoms with Crippen LogP contribution in [0.2, 0.25) is 0 Å². The van der Waals surface area contributed by atoms with Crippen molar-refractivity contribution in [1.82, 2.24) is 5.32 Å². The molecule has 0 spiro atoms. The van der Waals surface area contributed by atoms with E-state index < -0.39 is 32.5 Å². The molecule has 69 heavy (non-hydrogen) atoms. The SMILES string of the molecule is CC/C=C\C/C=C\C/C=C\C/C=C\C/C=C\CCCC(=O)OC(/C=C/CCCCCCCCCCCC)C(COP(=O)([O-])OCC[N+](C)(C)C)NC(=O)CCCCCCCCC/C=C/C/C=C/CC. The Morgan fingerprint density at radius 3 is 1.42 bits per heavy atom. The molecule has 3 unspecified atom stereocenters. The Labute approximate surface area is 424 Å². The lowest BCUT2D eigenvalue weighted by Crippen LogP contribution is -2.47. The summed E-state index contributed by atoms with van der Waals surface area (Å²) in [7, 11) is 1.13. The van der Waals surface area contributed by atoms with Crippen LogP contribution in [-0.2, 0) is 27.9 Å². The summed E-state index contributed by atoms with van der Waals surface area (Å²) in [5, 5.41) is 2.99. The smallest absolute Gasteiger partial charge is 0.306 e. The van der Waals surface area contributed by atoms with E-state index in [1.165, 1.54) is 70.6 Å². The summed E-state index contributed by atoms with van der Waals surface area (Å²) in [5.74, 6) is -0.627. The molecule has 0 heterocycles. The molecule has 0 aromatic heterocycles. The van der Waals surface area contributed by atoms with E-state index in [1.54, 1.807) is 6.08 Å². The normalized spacial score (nSPS) is 14.6. The number of unbranched alkanes of at least 4 members (excludes halogenated alkanes) is 18. The summed E-state index contributed by atoms with van der Waals surface area (Å²) in [6.45, 7) is 6.55. The molecular formula is C59H103N2O7P. The van der Waals surface area contributed by atoms with Gasteiger partial charge in [0.2, 0.25) is 5.91 Å². The standard InChI is InChI=1S/C59H103N2O7P/c1-7-10-13-16-19-22-25-28-30-31-32-34-37-40-43-46-49-52-59(63)68-57(50-47-44-41-38-35-27-24-21-18-15-12-9-3)56(55-67-69(64,65)66-54-53-61(4,5)6)60-58(62)51-48-45-42-39-36-33-29-26-23-20-17-14-11-8-2/h10-11,13-14,19-20,22-23,28,30,32,34,40,43,47,50,56-57H,7-9,12,15-18,21,24-27,29,31,33,35-39,41-42,44-46,48-49,51-55H2,1-6H3,(H-,60,62,64,65)/b13-10-,14-11+,22-19-,23-20+,30-28-,34-32-,43-40-,50-47+. The number of carbonyl (C=O) groups is 2. The topological polar surface area (TPSA) is 114 Å². The molecule has 0 bridgehead atoms. The third-order valence-electron chi connectivity index (χ3n) is 11.5. The Balaban J connectivity index is 5.50. The van der Waals surface area contributed by atoms with Crippen molar-refractivity contribution in [2.24, 2.45) is 0 Å². The van der Waals surface area contributed by atoms with Crippen molar-refractivity contribution in [1.29, 1.82) is 0 Å². The second kappa shape index (κ2) is 48.6. The molecule has 0 aromatic carbocycles. The minimum absolute atomic E-state index is 0.0373. The number of ether oxygens (including phenoxy) is 1. The summed E-state index contributed by atoms with van der Waals surface area (Å²) in [6.07, 6.45) is 63.8. The summed E-state index contributed by atoms with van der Waals surface area (Å²) in [6, 6.07) is -0.919. The Bertz CT molecular complexity index is 1510. The van der Waals surface area contributed by atoms with Crippen LogP contribution in [0, 0.1) is 0 Å². The van der Waals surface area contributed by atoms with Gasteiger partial charge in [-0.25, -0.2) is 0 Å². The van der Waals surface area contributed by atoms with Crippen LogP contribution in [0.15, 0.2) is 97.2 Å². The van der Waals surface area contributed by atoms with Gasteiger partial charge in [-0.1, -0.05) is 202 Å². The average Bonchev–Trinajstić information content (AvgIpc) is 3.31. The molecule has 1 N–H and O–H groups in total. The number of amides is 1. The van der Waals surface area contributed by atoms with Gasteiger partial charge in [-0.2, -0.15) is 0 Å². The second-order valence-electron chi connectivity index (χ2n) is 19.3. The van der Waals surface area contributed by atoms with Crippen molar-refractivity contribution >= 4 is 19.7 Å². The van der Waals surface area contributed by atoms with Gasteiger partial charge in [-0.3, -0.25) is 14.2 Å². The third-order valence-corrected chi connectivity index (χ3v) is 12.5. The molecule has 1 amide bonds. The highest BCUT2D eigenvalue weighted by atomic mass is 31.2. The van der Waals surface area contributed by atoms with E-state index in [-0.39, 0.29) is 18.9 Å². The fourth-order valence-electron chi connectivity index (χ4n) is 7.30. The second-order valence-corrected chi connectivity index (χ2v) is 20.7. The lowest BCUT2D eigenvalue weighted by atomic mass is 10.0. The first kappa shape index (κ1) is 65.9. The van der Waals surface area contributed by atoms with Gasteiger partial charge in [-0.05, 0) is 96.0 Å². The number of hydrogen-bond acceptors (Lipinski definition) is 7. The maximum absolute atomic E-state index is 13.4. The molecule has 0 rings (SSSR count). The number of nitrogens with zero attached hydrogens (tertiary/aromatic N) is 1. The van der Waals surface area contributed by atoms with E-state index in [4.69, 9.17) is 13.8 Å². The van der Waals surface area contributed by atoms with Crippen LogP contribution < -0.4 is 10.2 Å². The van der Waals surface area contributed by atoms with E-state index in [1.807, 2.05) is 27.2 Å². The average molecular weight is 983 g/mol. The minimum Gasteiger partial charge on any atom is -0.756 e. The van der Waals surface area contributed by atoms with E-state index in [0.717, 1.165) is 103 Å². The lowest BCUT2D eigenvalue weighted by Gasteiger charge is -2.30. The summed E-state index contributed by atoms with van der Waals surface area (Å²) in [4.78, 5) is 39.8. The predicted molar refractivity (Wildman–Crippen MR) is 293 cm³/mol. The zero-order valence-corrected chi connectivity index (χ0v) is 45.9. The maximum atomic E-state index is 13.4. The van der Waals surface area contributed by atoms with Crippen LogP contribution >= 0.6 is 7.82 Å². The van der Waals surface area contributed by atoms with Crippen LogP contribution in [0.3, 0.4) is 0 Å². The quantitative estimate of drug-likeness (QED) is 0.0212. The first-order valence-corrected chi connectivity index (χ1v) is 29.0. The summed E-state index contributed by atoms with van der Waals surface area (Å²) in [5.41, 5.74) is 0. The number of carbonyl (C=O) groups excluding carboxylic acids is 2. The molecule has 3 atom stereocenters. The number of phosphoric ester groups is 1. The highest BCUT2D eigenvalue weighted by molar-refractivity contribution is 7.45. The molecule has 0 aliphatic carbocycles. The molecule has 0 saturated heterocycles. The van der Waals surface area contributed by atoms with Gasteiger partial charge >= 0.3 is 5.97 Å². The number of rotatable bonds is 48. The molecule has 0 aliphatic rings. The van der Waals surface area contributed by atoms with Gasteiger partial charge in [0.05, 0.1) is 33.8 Å². The number of phosphoric acid groups is 1. The van der Waals surface area contributed by atoms with Gasteiger partial charge in [0.1, 0.15) is 19.3 Å². The molecule has 0 radical (unpaired) electrons. The van der Waals surface area contributed by atoms with Gasteiger partial charge in [0.15, 0.2) is 0 Å². The van der Waals surface area contributed by atoms with Crippen molar-refractivity contribution in [3.63, 3.8) is 0 Å².